The van der Waals surface area contributed by atoms with Crippen molar-refractivity contribution in [2.75, 3.05) is 18.1 Å². The van der Waals surface area contributed by atoms with Crippen LogP contribution in [0.5, 0.6) is 0 Å². The molecule has 0 spiro atoms. The Hall–Kier alpha value is -2.56. The van der Waals surface area contributed by atoms with E-state index in [0.717, 1.165) is 28.0 Å². The fraction of sp³-hybridized carbons (Fsp3) is 0.250. The van der Waals surface area contributed by atoms with Gasteiger partial charge < -0.3 is 15.6 Å². The third-order valence-electron chi connectivity index (χ3n) is 3.21. The standard InChI is InChI=1S/C14H15N5.C2H6/c1-9-7-19(11-5-3-4-10(6-11)16-2)14-12(9)13(15)17-8-18-14;1-2/h3-8,16H,1-2H3,(H2,15,17,18);1-2H3. The number of rotatable bonds is 2. The molecule has 21 heavy (non-hydrogen) atoms. The number of nitrogens with zero attached hydrogens (tertiary/aromatic N) is 3. The van der Waals surface area contributed by atoms with Gasteiger partial charge in [0.15, 0.2) is 0 Å². The molecule has 2 heterocycles. The summed E-state index contributed by atoms with van der Waals surface area (Å²) in [6.45, 7) is 6.01. The summed E-state index contributed by atoms with van der Waals surface area (Å²) in [6.07, 6.45) is 3.53. The first-order valence-corrected chi connectivity index (χ1v) is 7.07. The monoisotopic (exact) mass is 283 g/mol. The average Bonchev–Trinajstić information content (AvgIpc) is 2.88. The minimum Gasteiger partial charge on any atom is -0.388 e. The Bertz CT molecular complexity index is 746. The van der Waals surface area contributed by atoms with Gasteiger partial charge in [0.1, 0.15) is 17.8 Å². The Kier molecular flexibility index (Phi) is 4.42. The van der Waals surface area contributed by atoms with Crippen LogP contribution in [0.25, 0.3) is 16.7 Å². The van der Waals surface area contributed by atoms with Gasteiger partial charge in [0.25, 0.3) is 0 Å². The lowest BCUT2D eigenvalue weighted by atomic mass is 10.2. The summed E-state index contributed by atoms with van der Waals surface area (Å²) in [5.74, 6) is 0.519. The second-order valence-corrected chi connectivity index (χ2v) is 4.44. The summed E-state index contributed by atoms with van der Waals surface area (Å²) in [5.41, 5.74) is 9.93. The largest absolute Gasteiger partial charge is 0.388 e. The summed E-state index contributed by atoms with van der Waals surface area (Å²) in [6, 6.07) is 8.13. The van der Waals surface area contributed by atoms with Crippen molar-refractivity contribution in [3.63, 3.8) is 0 Å². The fourth-order valence-electron chi connectivity index (χ4n) is 2.28. The number of nitrogens with two attached hydrogens (primary N) is 1. The number of hydrogen-bond acceptors (Lipinski definition) is 4. The molecule has 1 aromatic carbocycles. The molecule has 0 fully saturated rings. The highest BCUT2D eigenvalue weighted by molar-refractivity contribution is 5.90. The van der Waals surface area contributed by atoms with E-state index >= 15 is 0 Å². The van der Waals surface area contributed by atoms with E-state index in [-0.39, 0.29) is 0 Å². The van der Waals surface area contributed by atoms with Gasteiger partial charge in [0, 0.05) is 24.6 Å². The molecule has 3 aromatic rings. The van der Waals surface area contributed by atoms with Crippen molar-refractivity contribution in [1.29, 1.82) is 0 Å². The van der Waals surface area contributed by atoms with Crippen molar-refractivity contribution >= 4 is 22.5 Å². The molecule has 0 amide bonds. The van der Waals surface area contributed by atoms with E-state index in [0.29, 0.717) is 5.82 Å². The van der Waals surface area contributed by atoms with E-state index in [4.69, 9.17) is 5.73 Å². The maximum atomic E-state index is 5.93. The lowest BCUT2D eigenvalue weighted by Crippen LogP contribution is -1.97. The van der Waals surface area contributed by atoms with Crippen LogP contribution in [-0.4, -0.2) is 21.6 Å². The van der Waals surface area contributed by atoms with Gasteiger partial charge >= 0.3 is 0 Å². The molecule has 0 bridgehead atoms. The summed E-state index contributed by atoms with van der Waals surface area (Å²) in [4.78, 5) is 8.40. The molecule has 2 aromatic heterocycles. The Balaban J connectivity index is 0.000000774. The molecule has 0 aliphatic rings. The van der Waals surface area contributed by atoms with Crippen LogP contribution in [0.1, 0.15) is 19.4 Å². The van der Waals surface area contributed by atoms with Crippen molar-refractivity contribution in [3.05, 3.63) is 42.4 Å². The predicted octanol–water partition coefficient (Wildman–Crippen LogP) is 3.38. The maximum absolute atomic E-state index is 5.93. The quantitative estimate of drug-likeness (QED) is 0.756. The smallest absolute Gasteiger partial charge is 0.150 e. The fourth-order valence-corrected chi connectivity index (χ4v) is 2.28. The molecule has 3 rings (SSSR count). The number of anilines is 2. The Morgan fingerprint density at radius 2 is 1.95 bits per heavy atom. The zero-order valence-electron chi connectivity index (χ0n) is 12.9. The highest BCUT2D eigenvalue weighted by Gasteiger charge is 2.11. The molecule has 0 saturated heterocycles. The van der Waals surface area contributed by atoms with Crippen LogP contribution >= 0.6 is 0 Å². The SMILES string of the molecule is CC.CNc1cccc(-n2cc(C)c3c(N)ncnc32)c1. The summed E-state index contributed by atoms with van der Waals surface area (Å²) in [7, 11) is 1.90. The van der Waals surface area contributed by atoms with Gasteiger partial charge in [-0.05, 0) is 30.7 Å². The van der Waals surface area contributed by atoms with Crippen molar-refractivity contribution in [1.82, 2.24) is 14.5 Å². The lowest BCUT2D eigenvalue weighted by Gasteiger charge is -2.07. The first-order valence-electron chi connectivity index (χ1n) is 7.07. The van der Waals surface area contributed by atoms with Crippen LogP contribution < -0.4 is 11.1 Å². The Morgan fingerprint density at radius 1 is 1.19 bits per heavy atom. The van der Waals surface area contributed by atoms with E-state index in [1.807, 2.05) is 56.8 Å². The third kappa shape index (κ3) is 2.67. The van der Waals surface area contributed by atoms with Crippen LogP contribution in [-0.2, 0) is 0 Å². The molecule has 0 saturated carbocycles. The molecule has 5 nitrogen and oxygen atoms in total. The first-order chi connectivity index (χ1) is 10.2. The molecular formula is C16H21N5. The van der Waals surface area contributed by atoms with Crippen molar-refractivity contribution < 1.29 is 0 Å². The first kappa shape index (κ1) is 14.8. The highest BCUT2D eigenvalue weighted by Crippen LogP contribution is 2.26. The summed E-state index contributed by atoms with van der Waals surface area (Å²) < 4.78 is 2.03. The maximum Gasteiger partial charge on any atom is 0.150 e. The summed E-state index contributed by atoms with van der Waals surface area (Å²) >= 11 is 0. The second-order valence-electron chi connectivity index (χ2n) is 4.44. The molecule has 0 aliphatic heterocycles. The van der Waals surface area contributed by atoms with Crippen LogP contribution in [0.15, 0.2) is 36.8 Å². The van der Waals surface area contributed by atoms with Gasteiger partial charge in [0.05, 0.1) is 5.39 Å². The highest BCUT2D eigenvalue weighted by atomic mass is 15.1. The topological polar surface area (TPSA) is 68.8 Å². The second kappa shape index (κ2) is 6.26. The number of fused-ring (bicyclic) bond motifs is 1. The van der Waals surface area contributed by atoms with E-state index in [1.54, 1.807) is 0 Å². The van der Waals surface area contributed by atoms with Crippen molar-refractivity contribution in [2.24, 2.45) is 0 Å². The Morgan fingerprint density at radius 3 is 2.67 bits per heavy atom. The number of nitrogen functional groups attached to an aromatic ring is 1. The van der Waals surface area contributed by atoms with E-state index in [2.05, 4.69) is 21.4 Å². The van der Waals surface area contributed by atoms with Gasteiger partial charge in [0.2, 0.25) is 0 Å². The molecule has 0 radical (unpaired) electrons. The van der Waals surface area contributed by atoms with Crippen LogP contribution in [0.4, 0.5) is 11.5 Å². The molecule has 5 heteroatoms. The zero-order valence-corrected chi connectivity index (χ0v) is 12.9. The minimum absolute atomic E-state index is 0.519. The van der Waals surface area contributed by atoms with Gasteiger partial charge in [-0.25, -0.2) is 9.97 Å². The molecule has 0 aliphatic carbocycles. The van der Waals surface area contributed by atoms with Crippen LogP contribution in [0.3, 0.4) is 0 Å². The third-order valence-corrected chi connectivity index (χ3v) is 3.21. The number of benzene rings is 1. The minimum atomic E-state index is 0.519. The summed E-state index contributed by atoms with van der Waals surface area (Å²) in [5, 5.41) is 4.05. The number of aryl methyl sites for hydroxylation is 1. The van der Waals surface area contributed by atoms with Crippen molar-refractivity contribution in [3.8, 4) is 5.69 Å². The van der Waals surface area contributed by atoms with Gasteiger partial charge in [-0.15, -0.1) is 0 Å². The van der Waals surface area contributed by atoms with Gasteiger partial charge in [-0.1, -0.05) is 19.9 Å². The Labute approximate surface area is 124 Å². The zero-order chi connectivity index (χ0) is 15.4. The van der Waals surface area contributed by atoms with Crippen LogP contribution in [0, 0.1) is 6.92 Å². The van der Waals surface area contributed by atoms with E-state index in [9.17, 15) is 0 Å². The number of nitrogens with one attached hydrogen (secondary N) is 1. The predicted molar refractivity (Wildman–Crippen MR) is 88.9 cm³/mol. The number of hydrogen-bond donors (Lipinski definition) is 2. The molecular weight excluding hydrogens is 262 g/mol. The molecule has 0 atom stereocenters. The van der Waals surface area contributed by atoms with Crippen LogP contribution in [0.2, 0.25) is 0 Å². The van der Waals surface area contributed by atoms with E-state index in [1.165, 1.54) is 6.33 Å². The number of aromatic nitrogens is 3. The van der Waals surface area contributed by atoms with Gasteiger partial charge in [-0.2, -0.15) is 0 Å². The van der Waals surface area contributed by atoms with Crippen molar-refractivity contribution in [2.45, 2.75) is 20.8 Å². The average molecular weight is 283 g/mol. The van der Waals surface area contributed by atoms with E-state index < -0.39 is 0 Å². The molecule has 3 N–H and O–H groups in total. The normalized spacial score (nSPS) is 10.1. The lowest BCUT2D eigenvalue weighted by molar-refractivity contribution is 1.07. The molecule has 110 valence electrons. The molecule has 0 unspecified atom stereocenters. The van der Waals surface area contributed by atoms with Gasteiger partial charge in [-0.3, -0.25) is 0 Å².